The number of sulfonamides is 1. The number of nitrogens with one attached hydrogen (secondary N) is 1. The van der Waals surface area contributed by atoms with E-state index < -0.39 is 10.0 Å². The molecule has 3 rings (SSSR count). The lowest BCUT2D eigenvalue weighted by Gasteiger charge is -2.10. The molecule has 1 aromatic heterocycles. The monoisotopic (exact) mass is 313 g/mol. The zero-order valence-corrected chi connectivity index (χ0v) is 12.5. The fourth-order valence-corrected chi connectivity index (χ4v) is 3.51. The Hall–Kier alpha value is -2.44. The van der Waals surface area contributed by atoms with E-state index in [0.29, 0.717) is 16.8 Å². The van der Waals surface area contributed by atoms with E-state index in [-0.39, 0.29) is 11.4 Å². The first-order chi connectivity index (χ1) is 10.6. The van der Waals surface area contributed by atoms with E-state index in [2.05, 4.69) is 9.71 Å². The molecule has 0 bridgehead atoms. The highest BCUT2D eigenvalue weighted by Gasteiger charge is 2.17. The number of rotatable bonds is 4. The van der Waals surface area contributed by atoms with Crippen molar-refractivity contribution in [2.45, 2.75) is 11.4 Å². The summed E-state index contributed by atoms with van der Waals surface area (Å²) in [6, 6.07) is 15.7. The highest BCUT2D eigenvalue weighted by Crippen LogP contribution is 2.26. The highest BCUT2D eigenvalue weighted by molar-refractivity contribution is 7.89. The Morgan fingerprint density at radius 3 is 2.50 bits per heavy atom. The van der Waals surface area contributed by atoms with Gasteiger partial charge in [-0.3, -0.25) is 4.98 Å². The number of aromatic nitrogens is 1. The molecule has 0 saturated heterocycles. The molecule has 0 unspecified atom stereocenters. The van der Waals surface area contributed by atoms with Gasteiger partial charge in [0.05, 0.1) is 17.1 Å². The van der Waals surface area contributed by atoms with Crippen LogP contribution in [0.25, 0.3) is 10.8 Å². The van der Waals surface area contributed by atoms with Crippen LogP contribution in [0.1, 0.15) is 5.69 Å². The summed E-state index contributed by atoms with van der Waals surface area (Å²) in [5.41, 5.74) is 7.12. The average Bonchev–Trinajstić information content (AvgIpc) is 2.54. The summed E-state index contributed by atoms with van der Waals surface area (Å²) in [6.45, 7) is 0.141. The molecule has 0 fully saturated rings. The Morgan fingerprint density at radius 1 is 0.955 bits per heavy atom. The Morgan fingerprint density at radius 2 is 1.73 bits per heavy atom. The maximum atomic E-state index is 12.6. The summed E-state index contributed by atoms with van der Waals surface area (Å²) in [6.07, 6.45) is 1.63. The third kappa shape index (κ3) is 2.79. The van der Waals surface area contributed by atoms with Crippen molar-refractivity contribution in [3.05, 3.63) is 66.5 Å². The molecule has 0 aliphatic heterocycles. The number of benzene rings is 2. The summed E-state index contributed by atoms with van der Waals surface area (Å²) < 4.78 is 27.7. The van der Waals surface area contributed by atoms with E-state index in [0.717, 1.165) is 5.39 Å². The van der Waals surface area contributed by atoms with Gasteiger partial charge >= 0.3 is 0 Å². The van der Waals surface area contributed by atoms with Gasteiger partial charge in [-0.2, -0.15) is 0 Å². The van der Waals surface area contributed by atoms with Gasteiger partial charge in [-0.15, -0.1) is 0 Å². The van der Waals surface area contributed by atoms with Crippen LogP contribution in [-0.2, 0) is 16.6 Å². The van der Waals surface area contributed by atoms with Gasteiger partial charge in [-0.1, -0.05) is 30.3 Å². The minimum absolute atomic E-state index is 0.141. The van der Waals surface area contributed by atoms with Crippen LogP contribution < -0.4 is 10.5 Å². The van der Waals surface area contributed by atoms with E-state index in [9.17, 15) is 8.42 Å². The number of pyridine rings is 1. The van der Waals surface area contributed by atoms with Gasteiger partial charge in [0.25, 0.3) is 0 Å². The maximum absolute atomic E-state index is 12.6. The molecule has 22 heavy (non-hydrogen) atoms. The third-order valence-corrected chi connectivity index (χ3v) is 4.83. The van der Waals surface area contributed by atoms with Gasteiger partial charge in [0.15, 0.2) is 0 Å². The maximum Gasteiger partial charge on any atom is 0.241 e. The minimum atomic E-state index is -3.65. The van der Waals surface area contributed by atoms with Crippen molar-refractivity contribution in [1.82, 2.24) is 9.71 Å². The molecule has 0 amide bonds. The average molecular weight is 313 g/mol. The molecule has 112 valence electrons. The van der Waals surface area contributed by atoms with Crippen molar-refractivity contribution in [1.29, 1.82) is 0 Å². The molecular formula is C16H15N3O2S. The second kappa shape index (κ2) is 5.75. The van der Waals surface area contributed by atoms with Crippen LogP contribution >= 0.6 is 0 Å². The number of hydrogen-bond donors (Lipinski definition) is 2. The largest absolute Gasteiger partial charge is 0.398 e. The minimum Gasteiger partial charge on any atom is -0.398 e. The predicted octanol–water partition coefficient (Wildman–Crippen LogP) is 2.30. The van der Waals surface area contributed by atoms with Crippen LogP contribution in [0.3, 0.4) is 0 Å². The molecule has 3 aromatic rings. The van der Waals surface area contributed by atoms with Crippen LogP contribution in [0, 0.1) is 0 Å². The second-order valence-corrected chi connectivity index (χ2v) is 6.58. The molecule has 0 radical (unpaired) electrons. The zero-order chi connectivity index (χ0) is 15.6. The van der Waals surface area contributed by atoms with E-state index in [1.165, 1.54) is 0 Å². The van der Waals surface area contributed by atoms with Crippen molar-refractivity contribution in [2.24, 2.45) is 0 Å². The van der Waals surface area contributed by atoms with Crippen LogP contribution in [0.5, 0.6) is 0 Å². The standard InChI is InChI=1S/C16H15N3O2S/c17-15-8-3-7-14-13(15)6-4-9-16(14)22(20,21)19-11-12-5-1-2-10-18-12/h1-10,19H,11,17H2. The fourth-order valence-electron chi connectivity index (χ4n) is 2.29. The Labute approximate surface area is 128 Å². The van der Waals surface area contributed by atoms with E-state index in [1.807, 2.05) is 12.1 Å². The number of nitrogens with two attached hydrogens (primary N) is 1. The van der Waals surface area contributed by atoms with Crippen molar-refractivity contribution < 1.29 is 8.42 Å². The molecule has 2 aromatic carbocycles. The predicted molar refractivity (Wildman–Crippen MR) is 86.6 cm³/mol. The van der Waals surface area contributed by atoms with Gasteiger partial charge in [0, 0.05) is 22.7 Å². The normalized spacial score (nSPS) is 11.6. The van der Waals surface area contributed by atoms with Crippen LogP contribution in [-0.4, -0.2) is 13.4 Å². The molecule has 6 heteroatoms. The quantitative estimate of drug-likeness (QED) is 0.724. The molecular weight excluding hydrogens is 298 g/mol. The van der Waals surface area contributed by atoms with Gasteiger partial charge in [0.2, 0.25) is 10.0 Å². The zero-order valence-electron chi connectivity index (χ0n) is 11.7. The lowest BCUT2D eigenvalue weighted by atomic mass is 10.1. The first-order valence-electron chi connectivity index (χ1n) is 6.75. The third-order valence-electron chi connectivity index (χ3n) is 3.37. The molecule has 0 atom stereocenters. The van der Waals surface area contributed by atoms with Gasteiger partial charge in [-0.05, 0) is 24.3 Å². The first kappa shape index (κ1) is 14.5. The summed E-state index contributed by atoms with van der Waals surface area (Å²) in [7, 11) is -3.65. The van der Waals surface area contributed by atoms with Crippen LogP contribution in [0.4, 0.5) is 5.69 Å². The number of hydrogen-bond acceptors (Lipinski definition) is 4. The van der Waals surface area contributed by atoms with Crippen molar-refractivity contribution in [3.63, 3.8) is 0 Å². The SMILES string of the molecule is Nc1cccc2c(S(=O)(=O)NCc3ccccn3)cccc12. The molecule has 5 nitrogen and oxygen atoms in total. The Balaban J connectivity index is 1.97. The van der Waals surface area contributed by atoms with E-state index >= 15 is 0 Å². The molecule has 1 heterocycles. The van der Waals surface area contributed by atoms with Crippen molar-refractivity contribution in [3.8, 4) is 0 Å². The summed E-state index contributed by atoms with van der Waals surface area (Å²) in [4.78, 5) is 4.32. The van der Waals surface area contributed by atoms with Gasteiger partial charge in [0.1, 0.15) is 0 Å². The second-order valence-electron chi connectivity index (χ2n) is 4.84. The lowest BCUT2D eigenvalue weighted by molar-refractivity contribution is 0.581. The molecule has 0 aliphatic carbocycles. The fraction of sp³-hybridized carbons (Fsp3) is 0.0625. The number of nitrogen functional groups attached to an aromatic ring is 1. The summed E-state index contributed by atoms with van der Waals surface area (Å²) in [5.74, 6) is 0. The summed E-state index contributed by atoms with van der Waals surface area (Å²) >= 11 is 0. The van der Waals surface area contributed by atoms with Gasteiger partial charge in [-0.25, -0.2) is 13.1 Å². The Bertz CT molecular complexity index is 909. The number of fused-ring (bicyclic) bond motifs is 1. The van der Waals surface area contributed by atoms with E-state index in [1.54, 1.807) is 48.7 Å². The Kier molecular flexibility index (Phi) is 3.79. The summed E-state index contributed by atoms with van der Waals surface area (Å²) in [5, 5.41) is 1.33. The number of nitrogens with zero attached hydrogens (tertiary/aromatic N) is 1. The molecule has 0 aliphatic rings. The smallest absolute Gasteiger partial charge is 0.241 e. The van der Waals surface area contributed by atoms with Crippen LogP contribution in [0.2, 0.25) is 0 Å². The number of anilines is 1. The molecule has 3 N–H and O–H groups in total. The van der Waals surface area contributed by atoms with Gasteiger partial charge < -0.3 is 5.73 Å². The van der Waals surface area contributed by atoms with Crippen molar-refractivity contribution in [2.75, 3.05) is 5.73 Å². The van der Waals surface area contributed by atoms with E-state index in [4.69, 9.17) is 5.73 Å². The van der Waals surface area contributed by atoms with Crippen LogP contribution in [0.15, 0.2) is 65.7 Å². The lowest BCUT2D eigenvalue weighted by Crippen LogP contribution is -2.23. The molecule has 0 spiro atoms. The topological polar surface area (TPSA) is 85.1 Å². The van der Waals surface area contributed by atoms with Crippen molar-refractivity contribution >= 4 is 26.5 Å². The molecule has 0 saturated carbocycles. The first-order valence-corrected chi connectivity index (χ1v) is 8.23. The highest BCUT2D eigenvalue weighted by atomic mass is 32.2.